The van der Waals surface area contributed by atoms with Gasteiger partial charge in [0.1, 0.15) is 11.5 Å². The van der Waals surface area contributed by atoms with E-state index in [2.05, 4.69) is 11.9 Å². The van der Waals surface area contributed by atoms with Gasteiger partial charge in [-0.05, 0) is 30.7 Å². The molecule has 1 aromatic rings. The minimum atomic E-state index is 0.0000382. The number of halogens is 1. The van der Waals surface area contributed by atoms with Crippen LogP contribution in [0.3, 0.4) is 0 Å². The highest BCUT2D eigenvalue weighted by Crippen LogP contribution is 2.28. The molecule has 4 N–H and O–H groups in total. The minimum Gasteiger partial charge on any atom is -0.506 e. The van der Waals surface area contributed by atoms with E-state index < -0.39 is 0 Å². The minimum absolute atomic E-state index is 0.0000382. The molecule has 23 heavy (non-hydrogen) atoms. The Morgan fingerprint density at radius 1 is 1.30 bits per heavy atom. The largest absolute Gasteiger partial charge is 0.506 e. The third-order valence-corrected chi connectivity index (χ3v) is 3.62. The maximum Gasteiger partial charge on any atom is 0.146 e. The summed E-state index contributed by atoms with van der Waals surface area (Å²) in [4.78, 5) is 4.40. The quantitative estimate of drug-likeness (QED) is 0.541. The predicted octanol–water partition coefficient (Wildman–Crippen LogP) is 4.08. The lowest BCUT2D eigenvalue weighted by Gasteiger charge is -2.15. The molecule has 1 aliphatic rings. The number of aromatic hydroxyl groups is 1. The Balaban J connectivity index is 2.19. The third kappa shape index (κ3) is 4.60. The first-order valence-electron chi connectivity index (χ1n) is 7.49. The highest BCUT2D eigenvalue weighted by molar-refractivity contribution is 6.32. The van der Waals surface area contributed by atoms with Crippen molar-refractivity contribution in [2.45, 2.75) is 26.2 Å². The smallest absolute Gasteiger partial charge is 0.146 e. The number of nitrogens with zero attached hydrogens (tertiary/aromatic N) is 1. The first kappa shape index (κ1) is 17.1. The van der Waals surface area contributed by atoms with Gasteiger partial charge in [-0.15, -0.1) is 0 Å². The molecule has 0 radical (unpaired) electrons. The molecule has 1 aromatic carbocycles. The van der Waals surface area contributed by atoms with Gasteiger partial charge in [0, 0.05) is 6.08 Å². The van der Waals surface area contributed by atoms with E-state index in [1.54, 1.807) is 18.2 Å². The second-order valence-corrected chi connectivity index (χ2v) is 5.62. The van der Waals surface area contributed by atoms with Gasteiger partial charge in [0.2, 0.25) is 0 Å². The van der Waals surface area contributed by atoms with Crippen LogP contribution in [0.15, 0.2) is 46.8 Å². The van der Waals surface area contributed by atoms with Crippen molar-refractivity contribution in [1.82, 2.24) is 0 Å². The van der Waals surface area contributed by atoms with Gasteiger partial charge in [-0.25, -0.2) is 4.99 Å². The fourth-order valence-corrected chi connectivity index (χ4v) is 2.22. The summed E-state index contributed by atoms with van der Waals surface area (Å²) in [5.74, 6) is 0.457. The fraction of sp³-hybridized carbons (Fsp3) is 0.294. The Kier molecular flexibility index (Phi) is 5.82. The van der Waals surface area contributed by atoms with Crippen LogP contribution in [0.1, 0.15) is 26.2 Å². The summed E-state index contributed by atoms with van der Waals surface area (Å²) in [6.45, 7) is 2.69. The van der Waals surface area contributed by atoms with E-state index >= 15 is 0 Å². The summed E-state index contributed by atoms with van der Waals surface area (Å²) in [7, 11) is 0. The molecule has 0 saturated heterocycles. The van der Waals surface area contributed by atoms with Crippen molar-refractivity contribution in [2.24, 2.45) is 10.7 Å². The van der Waals surface area contributed by atoms with Gasteiger partial charge in [0.05, 0.1) is 34.4 Å². The van der Waals surface area contributed by atoms with Gasteiger partial charge < -0.3 is 15.6 Å². The molecule has 0 bridgehead atoms. The number of ether oxygens (including phenoxy) is 1. The van der Waals surface area contributed by atoms with Crippen molar-refractivity contribution in [2.75, 3.05) is 6.61 Å². The molecule has 0 amide bonds. The standard InChI is InChI=1S/C17H20ClN3O2/c1-2-3-4-7-23-17-10-15(13(19)9-14(17)20)21-11-5-6-16(22)12(18)8-11/h5-6,8-10,20,22H,2-4,7,19H2,1H3. The number of phenolic OH excluding ortho intramolecular Hbond substituents is 1. The van der Waals surface area contributed by atoms with Gasteiger partial charge in [-0.2, -0.15) is 0 Å². The van der Waals surface area contributed by atoms with Gasteiger partial charge in [0.15, 0.2) is 0 Å². The molecule has 0 aliphatic heterocycles. The van der Waals surface area contributed by atoms with Gasteiger partial charge in [0.25, 0.3) is 0 Å². The Morgan fingerprint density at radius 3 is 2.78 bits per heavy atom. The van der Waals surface area contributed by atoms with Crippen LogP contribution in [0.5, 0.6) is 5.75 Å². The highest BCUT2D eigenvalue weighted by atomic mass is 35.5. The van der Waals surface area contributed by atoms with Gasteiger partial charge in [-0.1, -0.05) is 31.4 Å². The predicted molar refractivity (Wildman–Crippen MR) is 93.8 cm³/mol. The van der Waals surface area contributed by atoms with Crippen molar-refractivity contribution >= 4 is 28.7 Å². The number of hydrogen-bond donors (Lipinski definition) is 3. The van der Waals surface area contributed by atoms with E-state index in [-0.39, 0.29) is 16.5 Å². The number of nitrogens with two attached hydrogens (primary N) is 1. The SMILES string of the molecule is CCCCCOC1=CC(=Nc2ccc(O)c(Cl)c2)C(N)=CC1=N. The number of allylic oxidation sites excluding steroid dienone is 2. The third-order valence-electron chi connectivity index (χ3n) is 3.32. The summed E-state index contributed by atoms with van der Waals surface area (Å²) in [5.41, 5.74) is 7.63. The summed E-state index contributed by atoms with van der Waals surface area (Å²) < 4.78 is 5.65. The molecule has 0 fully saturated rings. The number of unbranched alkanes of at least 4 members (excludes halogenated alkanes) is 2. The zero-order valence-electron chi connectivity index (χ0n) is 13.0. The van der Waals surface area contributed by atoms with E-state index in [1.165, 1.54) is 12.1 Å². The molecule has 0 atom stereocenters. The Labute approximate surface area is 140 Å². The van der Waals surface area contributed by atoms with Crippen LogP contribution in [0.2, 0.25) is 5.02 Å². The zero-order chi connectivity index (χ0) is 16.8. The Bertz CT molecular complexity index is 693. The number of phenols is 1. The average Bonchev–Trinajstić information content (AvgIpc) is 2.51. The molecule has 0 heterocycles. The molecular weight excluding hydrogens is 314 g/mol. The first-order chi connectivity index (χ1) is 11.0. The first-order valence-corrected chi connectivity index (χ1v) is 7.87. The molecular formula is C17H20ClN3O2. The van der Waals surface area contributed by atoms with Gasteiger partial charge >= 0.3 is 0 Å². The van der Waals surface area contributed by atoms with Crippen molar-refractivity contribution in [3.8, 4) is 5.75 Å². The van der Waals surface area contributed by atoms with Crippen LogP contribution in [-0.4, -0.2) is 23.1 Å². The number of nitrogens with one attached hydrogen (secondary N) is 1. The topological polar surface area (TPSA) is 91.7 Å². The summed E-state index contributed by atoms with van der Waals surface area (Å²) in [5, 5.41) is 17.6. The molecule has 6 heteroatoms. The number of rotatable bonds is 6. The van der Waals surface area contributed by atoms with E-state index in [4.69, 9.17) is 27.5 Å². The van der Waals surface area contributed by atoms with E-state index in [9.17, 15) is 5.11 Å². The summed E-state index contributed by atoms with van der Waals surface area (Å²) >= 11 is 5.88. The van der Waals surface area contributed by atoms with Crippen molar-refractivity contribution in [3.63, 3.8) is 0 Å². The lowest BCUT2D eigenvalue weighted by atomic mass is 10.1. The van der Waals surface area contributed by atoms with Gasteiger partial charge in [-0.3, -0.25) is 5.41 Å². The lowest BCUT2D eigenvalue weighted by molar-refractivity contribution is 0.224. The fourth-order valence-electron chi connectivity index (χ4n) is 2.04. The van der Waals surface area contributed by atoms with Crippen LogP contribution in [0.25, 0.3) is 0 Å². The van der Waals surface area contributed by atoms with Crippen LogP contribution in [-0.2, 0) is 4.74 Å². The number of benzene rings is 1. The van der Waals surface area contributed by atoms with Crippen LogP contribution in [0, 0.1) is 5.41 Å². The van der Waals surface area contributed by atoms with Crippen molar-refractivity contribution < 1.29 is 9.84 Å². The summed E-state index contributed by atoms with van der Waals surface area (Å²) in [6, 6.07) is 4.65. The molecule has 5 nitrogen and oxygen atoms in total. The monoisotopic (exact) mass is 333 g/mol. The second kappa shape index (κ2) is 7.83. The highest BCUT2D eigenvalue weighted by Gasteiger charge is 2.15. The average molecular weight is 334 g/mol. The number of hydrogen-bond acceptors (Lipinski definition) is 5. The molecule has 0 saturated carbocycles. The normalized spacial score (nSPS) is 16.3. The van der Waals surface area contributed by atoms with Crippen LogP contribution >= 0.6 is 11.6 Å². The van der Waals surface area contributed by atoms with E-state index in [0.29, 0.717) is 29.5 Å². The van der Waals surface area contributed by atoms with Crippen LogP contribution in [0.4, 0.5) is 5.69 Å². The summed E-state index contributed by atoms with van der Waals surface area (Å²) in [6.07, 6.45) is 6.33. The van der Waals surface area contributed by atoms with Crippen molar-refractivity contribution in [1.29, 1.82) is 5.41 Å². The molecule has 0 spiro atoms. The second-order valence-electron chi connectivity index (χ2n) is 5.21. The maximum atomic E-state index is 9.44. The maximum absolute atomic E-state index is 9.44. The van der Waals surface area contributed by atoms with Crippen molar-refractivity contribution in [3.05, 3.63) is 46.8 Å². The van der Waals surface area contributed by atoms with E-state index in [1.807, 2.05) is 0 Å². The number of aliphatic imine (C=N–C) groups is 1. The lowest BCUT2D eigenvalue weighted by Crippen LogP contribution is -2.19. The molecule has 122 valence electrons. The Hall–Kier alpha value is -2.27. The molecule has 2 rings (SSSR count). The van der Waals surface area contributed by atoms with Crippen LogP contribution < -0.4 is 5.73 Å². The molecule has 0 unspecified atom stereocenters. The zero-order valence-corrected chi connectivity index (χ0v) is 13.7. The van der Waals surface area contributed by atoms with E-state index in [0.717, 1.165) is 19.3 Å². The Morgan fingerprint density at radius 2 is 2.09 bits per heavy atom. The molecule has 1 aliphatic carbocycles. The molecule has 0 aromatic heterocycles.